The second-order valence-corrected chi connectivity index (χ2v) is 4.49. The number of carboxylic acid groups (broad SMARTS) is 1. The van der Waals surface area contributed by atoms with Gasteiger partial charge in [-0.15, -0.1) is 0 Å². The van der Waals surface area contributed by atoms with Crippen LogP contribution in [0.1, 0.15) is 10.4 Å². The number of benzene rings is 1. The minimum atomic E-state index is -1.01. The van der Waals surface area contributed by atoms with E-state index in [1.54, 1.807) is 19.2 Å². The van der Waals surface area contributed by atoms with Gasteiger partial charge in [0.2, 0.25) is 11.8 Å². The second kappa shape index (κ2) is 5.70. The first-order valence-corrected chi connectivity index (χ1v) is 6.10. The molecular weight excluding hydrogens is 262 g/mol. The molecule has 7 nitrogen and oxygen atoms in total. The lowest BCUT2D eigenvalue weighted by atomic mass is 10.1. The molecule has 0 saturated carbocycles. The summed E-state index contributed by atoms with van der Waals surface area (Å²) in [4.78, 5) is 35.4. The fraction of sp³-hybridized carbons (Fsp3) is 0.308. The molecule has 0 bridgehead atoms. The molecule has 20 heavy (non-hydrogen) atoms. The third-order valence-electron chi connectivity index (χ3n) is 3.14. The van der Waals surface area contributed by atoms with Crippen molar-refractivity contribution in [2.24, 2.45) is 0 Å². The Morgan fingerprint density at radius 2 is 1.95 bits per heavy atom. The third-order valence-corrected chi connectivity index (χ3v) is 3.14. The summed E-state index contributed by atoms with van der Waals surface area (Å²) in [6, 6.07) is 5.55. The van der Waals surface area contributed by atoms with E-state index in [-0.39, 0.29) is 30.5 Å². The number of anilines is 1. The molecule has 3 N–H and O–H groups in total. The van der Waals surface area contributed by atoms with Crippen LogP contribution in [0.25, 0.3) is 0 Å². The van der Waals surface area contributed by atoms with Crippen molar-refractivity contribution in [3.63, 3.8) is 0 Å². The summed E-state index contributed by atoms with van der Waals surface area (Å²) in [5, 5.41) is 14.3. The lowest BCUT2D eigenvalue weighted by molar-refractivity contribution is -0.125. The van der Waals surface area contributed by atoms with Gasteiger partial charge in [-0.05, 0) is 24.3 Å². The number of hydrogen-bond donors (Lipinski definition) is 3. The number of amides is 2. The number of hydrogen-bond acceptors (Lipinski definition) is 4. The van der Waals surface area contributed by atoms with Gasteiger partial charge in [0.05, 0.1) is 12.1 Å². The van der Waals surface area contributed by atoms with Crippen molar-refractivity contribution in [3.05, 3.63) is 29.8 Å². The Morgan fingerprint density at radius 1 is 1.30 bits per heavy atom. The topological polar surface area (TPSA) is 98.7 Å². The maximum atomic E-state index is 12.2. The summed E-state index contributed by atoms with van der Waals surface area (Å²) in [6.45, 7) is 0.359. The van der Waals surface area contributed by atoms with Gasteiger partial charge < -0.3 is 15.3 Å². The average molecular weight is 277 g/mol. The van der Waals surface area contributed by atoms with Crippen LogP contribution in [0.4, 0.5) is 5.69 Å². The molecule has 1 unspecified atom stereocenters. The Morgan fingerprint density at radius 3 is 2.45 bits per heavy atom. The monoisotopic (exact) mass is 277 g/mol. The molecule has 1 aliphatic rings. The molecule has 106 valence electrons. The molecule has 1 heterocycles. The van der Waals surface area contributed by atoms with Crippen molar-refractivity contribution < 1.29 is 19.5 Å². The Labute approximate surface area is 115 Å². The van der Waals surface area contributed by atoms with Crippen molar-refractivity contribution in [2.75, 3.05) is 25.0 Å². The number of aromatic carboxylic acids is 1. The molecule has 1 aliphatic heterocycles. The standard InChI is InChI=1S/C13H15N3O4/c1-16(9-4-2-8(3-5-9)13(19)20)12(18)10-6-15-11(17)7-14-10/h2-5,10,14H,6-7H2,1H3,(H,15,17)(H,19,20). The van der Waals surface area contributed by atoms with Crippen LogP contribution in [0, 0.1) is 0 Å². The SMILES string of the molecule is CN(C(=O)C1CNC(=O)CN1)c1ccc(C(=O)O)cc1. The highest BCUT2D eigenvalue weighted by molar-refractivity contribution is 5.98. The number of piperazine rings is 1. The number of nitrogens with zero attached hydrogens (tertiary/aromatic N) is 1. The molecule has 2 amide bonds. The van der Waals surface area contributed by atoms with E-state index in [9.17, 15) is 14.4 Å². The predicted octanol–water partition coefficient (Wildman–Crippen LogP) is -0.564. The largest absolute Gasteiger partial charge is 0.478 e. The average Bonchev–Trinajstić information content (AvgIpc) is 2.46. The molecule has 0 radical (unpaired) electrons. The van der Waals surface area contributed by atoms with Crippen LogP contribution in [-0.2, 0) is 9.59 Å². The van der Waals surface area contributed by atoms with Crippen molar-refractivity contribution in [2.45, 2.75) is 6.04 Å². The highest BCUT2D eigenvalue weighted by atomic mass is 16.4. The van der Waals surface area contributed by atoms with Crippen LogP contribution in [0.2, 0.25) is 0 Å². The molecule has 2 rings (SSSR count). The van der Waals surface area contributed by atoms with E-state index >= 15 is 0 Å². The van der Waals surface area contributed by atoms with Gasteiger partial charge in [0.25, 0.3) is 0 Å². The zero-order chi connectivity index (χ0) is 14.7. The Hall–Kier alpha value is -2.41. The summed E-state index contributed by atoms with van der Waals surface area (Å²) >= 11 is 0. The zero-order valence-corrected chi connectivity index (χ0v) is 10.9. The van der Waals surface area contributed by atoms with Crippen molar-refractivity contribution >= 4 is 23.5 Å². The first-order chi connectivity index (χ1) is 9.49. The maximum Gasteiger partial charge on any atom is 0.335 e. The molecule has 1 atom stereocenters. The lowest BCUT2D eigenvalue weighted by Crippen LogP contribution is -2.58. The molecule has 0 spiro atoms. The maximum absolute atomic E-state index is 12.2. The molecule has 1 aromatic carbocycles. The predicted molar refractivity (Wildman–Crippen MR) is 71.6 cm³/mol. The van der Waals surface area contributed by atoms with Crippen LogP contribution in [0.3, 0.4) is 0 Å². The normalized spacial score (nSPS) is 18.2. The van der Waals surface area contributed by atoms with E-state index in [4.69, 9.17) is 5.11 Å². The molecule has 0 aliphatic carbocycles. The summed E-state index contributed by atoms with van der Waals surface area (Å²) in [7, 11) is 1.61. The fourth-order valence-corrected chi connectivity index (χ4v) is 1.93. The molecule has 1 aromatic rings. The minimum absolute atomic E-state index is 0.113. The quantitative estimate of drug-likeness (QED) is 0.687. The van der Waals surface area contributed by atoms with Crippen molar-refractivity contribution in [3.8, 4) is 0 Å². The van der Waals surface area contributed by atoms with Crippen molar-refractivity contribution in [1.82, 2.24) is 10.6 Å². The number of likely N-dealkylation sites (N-methyl/N-ethyl adjacent to an activating group) is 1. The molecule has 0 aromatic heterocycles. The summed E-state index contributed by atoms with van der Waals surface area (Å²) in [5.74, 6) is -1.34. The van der Waals surface area contributed by atoms with Crippen LogP contribution >= 0.6 is 0 Å². The smallest absolute Gasteiger partial charge is 0.335 e. The van der Waals surface area contributed by atoms with E-state index in [0.29, 0.717) is 5.69 Å². The number of carboxylic acids is 1. The molecule has 1 saturated heterocycles. The van der Waals surface area contributed by atoms with Gasteiger partial charge in [-0.2, -0.15) is 0 Å². The van der Waals surface area contributed by atoms with E-state index in [2.05, 4.69) is 10.6 Å². The molecule has 1 fully saturated rings. The van der Waals surface area contributed by atoms with Crippen LogP contribution < -0.4 is 15.5 Å². The number of rotatable bonds is 3. The van der Waals surface area contributed by atoms with E-state index < -0.39 is 12.0 Å². The molecular formula is C13H15N3O4. The lowest BCUT2D eigenvalue weighted by Gasteiger charge is -2.27. The van der Waals surface area contributed by atoms with Crippen molar-refractivity contribution in [1.29, 1.82) is 0 Å². The second-order valence-electron chi connectivity index (χ2n) is 4.49. The van der Waals surface area contributed by atoms with Crippen LogP contribution in [0.15, 0.2) is 24.3 Å². The number of carbonyl (C=O) groups is 3. The van der Waals surface area contributed by atoms with E-state index in [1.807, 2.05) is 0 Å². The highest BCUT2D eigenvalue weighted by Crippen LogP contribution is 2.15. The van der Waals surface area contributed by atoms with Gasteiger partial charge in [-0.25, -0.2) is 4.79 Å². The first kappa shape index (κ1) is 14.0. The summed E-state index contributed by atoms with van der Waals surface area (Å²) < 4.78 is 0. The van der Waals surface area contributed by atoms with Gasteiger partial charge >= 0.3 is 5.97 Å². The first-order valence-electron chi connectivity index (χ1n) is 6.10. The summed E-state index contributed by atoms with van der Waals surface area (Å²) in [5.41, 5.74) is 0.761. The summed E-state index contributed by atoms with van der Waals surface area (Å²) in [6.07, 6.45) is 0. The highest BCUT2D eigenvalue weighted by Gasteiger charge is 2.26. The van der Waals surface area contributed by atoms with Gasteiger partial charge in [-0.1, -0.05) is 0 Å². The number of carbonyl (C=O) groups excluding carboxylic acids is 2. The van der Waals surface area contributed by atoms with Gasteiger partial charge in [0.1, 0.15) is 6.04 Å². The van der Waals surface area contributed by atoms with E-state index in [0.717, 1.165) is 0 Å². The van der Waals surface area contributed by atoms with Gasteiger partial charge in [-0.3, -0.25) is 14.9 Å². The van der Waals surface area contributed by atoms with E-state index in [1.165, 1.54) is 17.0 Å². The van der Waals surface area contributed by atoms with Crippen LogP contribution in [-0.4, -0.2) is 49.1 Å². The Kier molecular flexibility index (Phi) is 3.99. The van der Waals surface area contributed by atoms with Crippen LogP contribution in [0.5, 0.6) is 0 Å². The third kappa shape index (κ3) is 2.94. The zero-order valence-electron chi connectivity index (χ0n) is 10.9. The fourth-order valence-electron chi connectivity index (χ4n) is 1.93. The van der Waals surface area contributed by atoms with Gasteiger partial charge in [0.15, 0.2) is 0 Å². The minimum Gasteiger partial charge on any atom is -0.478 e. The molecule has 7 heteroatoms. The number of nitrogens with one attached hydrogen (secondary N) is 2. The van der Waals surface area contributed by atoms with Gasteiger partial charge in [0, 0.05) is 19.3 Å². The Balaban J connectivity index is 2.06. The Bertz CT molecular complexity index is 531.